The third kappa shape index (κ3) is 5.90. The SMILES string of the molecule is CC(C)CCCC1(N)CCCC(CC(C)C)C1. The molecule has 0 amide bonds. The molecule has 0 bridgehead atoms. The van der Waals surface area contributed by atoms with Crippen molar-refractivity contribution >= 4 is 0 Å². The minimum atomic E-state index is 0.173. The molecule has 1 aliphatic rings. The fraction of sp³-hybridized carbons (Fsp3) is 1.00. The predicted molar refractivity (Wildman–Crippen MR) is 77.0 cm³/mol. The molecule has 0 radical (unpaired) electrons. The van der Waals surface area contributed by atoms with E-state index in [9.17, 15) is 0 Å². The lowest BCUT2D eigenvalue weighted by Gasteiger charge is -2.39. The summed E-state index contributed by atoms with van der Waals surface area (Å²) >= 11 is 0. The molecule has 2 atom stereocenters. The molecule has 0 aromatic rings. The fourth-order valence-electron chi connectivity index (χ4n) is 3.48. The zero-order chi connectivity index (χ0) is 12.9. The standard InChI is InChI=1S/C16H33N/c1-13(2)7-5-9-16(17)10-6-8-15(12-16)11-14(3)4/h13-15H,5-12,17H2,1-4H3. The monoisotopic (exact) mass is 239 g/mol. The largest absolute Gasteiger partial charge is 0.325 e. The van der Waals surface area contributed by atoms with Crippen LogP contribution in [0.4, 0.5) is 0 Å². The Morgan fingerprint density at radius 1 is 1.18 bits per heavy atom. The van der Waals surface area contributed by atoms with Gasteiger partial charge in [-0.25, -0.2) is 0 Å². The van der Waals surface area contributed by atoms with Gasteiger partial charge in [0.2, 0.25) is 0 Å². The maximum atomic E-state index is 6.61. The number of hydrogen-bond donors (Lipinski definition) is 1. The van der Waals surface area contributed by atoms with Crippen molar-refractivity contribution in [3.05, 3.63) is 0 Å². The molecular weight excluding hydrogens is 206 g/mol. The second kappa shape index (κ2) is 6.78. The molecule has 0 saturated heterocycles. The van der Waals surface area contributed by atoms with E-state index < -0.39 is 0 Å². The number of nitrogens with two attached hydrogens (primary N) is 1. The van der Waals surface area contributed by atoms with Crippen molar-refractivity contribution in [2.45, 2.75) is 84.6 Å². The van der Waals surface area contributed by atoms with Gasteiger partial charge in [0.25, 0.3) is 0 Å². The molecule has 0 aromatic carbocycles. The second-order valence-corrected chi connectivity index (χ2v) is 7.24. The van der Waals surface area contributed by atoms with E-state index in [1.807, 2.05) is 0 Å². The van der Waals surface area contributed by atoms with E-state index in [0.717, 1.165) is 17.8 Å². The number of hydrogen-bond acceptors (Lipinski definition) is 1. The van der Waals surface area contributed by atoms with E-state index in [2.05, 4.69) is 27.7 Å². The van der Waals surface area contributed by atoms with Gasteiger partial charge < -0.3 is 5.73 Å². The van der Waals surface area contributed by atoms with Crippen molar-refractivity contribution in [3.8, 4) is 0 Å². The minimum absolute atomic E-state index is 0.173. The molecule has 1 aliphatic carbocycles. The Hall–Kier alpha value is -0.0400. The Bertz CT molecular complexity index is 210. The highest BCUT2D eigenvalue weighted by Gasteiger charge is 2.32. The van der Waals surface area contributed by atoms with Crippen LogP contribution in [0.15, 0.2) is 0 Å². The Morgan fingerprint density at radius 3 is 2.47 bits per heavy atom. The Morgan fingerprint density at radius 2 is 1.88 bits per heavy atom. The summed E-state index contributed by atoms with van der Waals surface area (Å²) in [5.41, 5.74) is 6.78. The maximum Gasteiger partial charge on any atom is 0.0157 e. The molecule has 17 heavy (non-hydrogen) atoms. The van der Waals surface area contributed by atoms with Gasteiger partial charge in [-0.3, -0.25) is 0 Å². The van der Waals surface area contributed by atoms with Crippen molar-refractivity contribution in [2.75, 3.05) is 0 Å². The summed E-state index contributed by atoms with van der Waals surface area (Å²) in [6.45, 7) is 9.30. The van der Waals surface area contributed by atoms with Crippen LogP contribution in [0.25, 0.3) is 0 Å². The Kier molecular flexibility index (Phi) is 5.99. The molecule has 0 heterocycles. The summed E-state index contributed by atoms with van der Waals surface area (Å²) in [6, 6.07) is 0. The van der Waals surface area contributed by atoms with Gasteiger partial charge >= 0.3 is 0 Å². The van der Waals surface area contributed by atoms with Crippen LogP contribution in [0.5, 0.6) is 0 Å². The smallest absolute Gasteiger partial charge is 0.0157 e. The van der Waals surface area contributed by atoms with E-state index in [-0.39, 0.29) is 5.54 Å². The lowest BCUT2D eigenvalue weighted by molar-refractivity contribution is 0.186. The Labute approximate surface area is 109 Å². The summed E-state index contributed by atoms with van der Waals surface area (Å²) in [6.07, 6.45) is 10.6. The van der Waals surface area contributed by atoms with Gasteiger partial charge in [0.05, 0.1) is 0 Å². The highest BCUT2D eigenvalue weighted by Crippen LogP contribution is 2.37. The Balaban J connectivity index is 2.35. The van der Waals surface area contributed by atoms with Gasteiger partial charge in [0.1, 0.15) is 0 Å². The van der Waals surface area contributed by atoms with Crippen molar-refractivity contribution in [1.29, 1.82) is 0 Å². The van der Waals surface area contributed by atoms with Crippen LogP contribution in [0, 0.1) is 17.8 Å². The first kappa shape index (κ1) is 15.0. The quantitative estimate of drug-likeness (QED) is 0.711. The minimum Gasteiger partial charge on any atom is -0.325 e. The van der Waals surface area contributed by atoms with Gasteiger partial charge in [0, 0.05) is 5.54 Å². The maximum absolute atomic E-state index is 6.61. The molecule has 1 rings (SSSR count). The second-order valence-electron chi connectivity index (χ2n) is 7.24. The predicted octanol–water partition coefficient (Wildman–Crippen LogP) is 4.75. The van der Waals surface area contributed by atoms with E-state index in [0.29, 0.717) is 0 Å². The molecule has 1 nitrogen and oxygen atoms in total. The van der Waals surface area contributed by atoms with E-state index in [1.54, 1.807) is 0 Å². The average Bonchev–Trinajstić information content (AvgIpc) is 2.15. The van der Waals surface area contributed by atoms with Crippen LogP contribution >= 0.6 is 0 Å². The normalized spacial score (nSPS) is 30.2. The van der Waals surface area contributed by atoms with Crippen LogP contribution in [-0.4, -0.2) is 5.54 Å². The highest BCUT2D eigenvalue weighted by atomic mass is 14.7. The first-order valence-corrected chi connectivity index (χ1v) is 7.70. The molecular formula is C16H33N. The molecule has 1 saturated carbocycles. The van der Waals surface area contributed by atoms with E-state index in [4.69, 9.17) is 5.73 Å². The van der Waals surface area contributed by atoms with Crippen LogP contribution < -0.4 is 5.73 Å². The molecule has 0 spiro atoms. The van der Waals surface area contributed by atoms with Crippen LogP contribution in [-0.2, 0) is 0 Å². The summed E-state index contributed by atoms with van der Waals surface area (Å²) in [5, 5.41) is 0. The molecule has 1 heteroatoms. The van der Waals surface area contributed by atoms with Gasteiger partial charge in [-0.15, -0.1) is 0 Å². The van der Waals surface area contributed by atoms with Crippen LogP contribution in [0.1, 0.15) is 79.1 Å². The molecule has 0 aromatic heterocycles. The third-order valence-electron chi connectivity index (χ3n) is 4.24. The van der Waals surface area contributed by atoms with Crippen molar-refractivity contribution in [2.24, 2.45) is 23.5 Å². The topological polar surface area (TPSA) is 26.0 Å². The van der Waals surface area contributed by atoms with Gasteiger partial charge in [0.15, 0.2) is 0 Å². The highest BCUT2D eigenvalue weighted by molar-refractivity contribution is 4.90. The van der Waals surface area contributed by atoms with Crippen LogP contribution in [0.2, 0.25) is 0 Å². The zero-order valence-electron chi connectivity index (χ0n) is 12.5. The average molecular weight is 239 g/mol. The van der Waals surface area contributed by atoms with E-state index >= 15 is 0 Å². The summed E-state index contributed by atoms with van der Waals surface area (Å²) < 4.78 is 0. The van der Waals surface area contributed by atoms with E-state index in [1.165, 1.54) is 51.4 Å². The van der Waals surface area contributed by atoms with Gasteiger partial charge in [-0.1, -0.05) is 53.4 Å². The molecule has 0 aliphatic heterocycles. The number of rotatable bonds is 6. The third-order valence-corrected chi connectivity index (χ3v) is 4.24. The van der Waals surface area contributed by atoms with Crippen molar-refractivity contribution in [3.63, 3.8) is 0 Å². The lowest BCUT2D eigenvalue weighted by Crippen LogP contribution is -2.44. The molecule has 1 fully saturated rings. The summed E-state index contributed by atoms with van der Waals surface area (Å²) in [5.74, 6) is 2.56. The fourth-order valence-corrected chi connectivity index (χ4v) is 3.48. The lowest BCUT2D eigenvalue weighted by atomic mass is 9.71. The molecule has 102 valence electrons. The van der Waals surface area contributed by atoms with Gasteiger partial charge in [-0.05, 0) is 43.4 Å². The summed E-state index contributed by atoms with van der Waals surface area (Å²) in [7, 11) is 0. The van der Waals surface area contributed by atoms with Gasteiger partial charge in [-0.2, -0.15) is 0 Å². The molecule has 2 N–H and O–H groups in total. The first-order chi connectivity index (χ1) is 7.91. The van der Waals surface area contributed by atoms with Crippen LogP contribution in [0.3, 0.4) is 0 Å². The van der Waals surface area contributed by atoms with Crippen molar-refractivity contribution in [1.82, 2.24) is 0 Å². The zero-order valence-corrected chi connectivity index (χ0v) is 12.5. The van der Waals surface area contributed by atoms with Crippen molar-refractivity contribution < 1.29 is 0 Å². The molecule has 2 unspecified atom stereocenters. The first-order valence-electron chi connectivity index (χ1n) is 7.70. The summed E-state index contributed by atoms with van der Waals surface area (Å²) in [4.78, 5) is 0.